The van der Waals surface area contributed by atoms with Crippen LogP contribution in [0.25, 0.3) is 0 Å². The van der Waals surface area contributed by atoms with E-state index < -0.39 is 5.54 Å². The van der Waals surface area contributed by atoms with Gasteiger partial charge in [-0.15, -0.1) is 11.3 Å². The van der Waals surface area contributed by atoms with E-state index in [9.17, 15) is 9.59 Å². The number of nitrogens with zero attached hydrogens (tertiary/aromatic N) is 2. The fourth-order valence-electron chi connectivity index (χ4n) is 3.02. The highest BCUT2D eigenvalue weighted by Gasteiger charge is 2.46. The summed E-state index contributed by atoms with van der Waals surface area (Å²) in [6.07, 6.45) is 6.44. The number of hydrogen-bond acceptors (Lipinski definition) is 4. The second kappa shape index (κ2) is 4.92. The van der Waals surface area contributed by atoms with E-state index in [2.05, 4.69) is 10.3 Å². The van der Waals surface area contributed by atoms with Crippen molar-refractivity contribution in [2.24, 2.45) is 0 Å². The molecule has 1 saturated carbocycles. The van der Waals surface area contributed by atoms with Crippen LogP contribution in [0.4, 0.5) is 0 Å². The molecule has 0 radical (unpaired) electrons. The lowest BCUT2D eigenvalue weighted by Crippen LogP contribution is -2.66. The van der Waals surface area contributed by atoms with Gasteiger partial charge in [0.05, 0.1) is 6.54 Å². The van der Waals surface area contributed by atoms with Crippen molar-refractivity contribution in [3.63, 3.8) is 0 Å². The molecule has 0 aromatic carbocycles. The lowest BCUT2D eigenvalue weighted by Gasteiger charge is -2.43. The highest BCUT2D eigenvalue weighted by molar-refractivity contribution is 7.09. The molecule has 2 heterocycles. The quantitative estimate of drug-likeness (QED) is 0.887. The molecule has 2 amide bonds. The van der Waals surface area contributed by atoms with Crippen LogP contribution < -0.4 is 5.32 Å². The van der Waals surface area contributed by atoms with Crippen molar-refractivity contribution >= 4 is 23.2 Å². The number of piperazine rings is 1. The summed E-state index contributed by atoms with van der Waals surface area (Å²) in [5.74, 6) is 0.0278. The van der Waals surface area contributed by atoms with Gasteiger partial charge in [-0.25, -0.2) is 4.98 Å². The SMILES string of the molecule is O=C1CN(Cc2nccs2)C(=O)C2(CCCCC2)N1. The molecule has 1 aliphatic heterocycles. The number of carbonyl (C=O) groups is 2. The van der Waals surface area contributed by atoms with Gasteiger partial charge >= 0.3 is 0 Å². The predicted molar refractivity (Wildman–Crippen MR) is 71.5 cm³/mol. The molecule has 1 saturated heterocycles. The van der Waals surface area contributed by atoms with Crippen LogP contribution in [0.2, 0.25) is 0 Å². The van der Waals surface area contributed by atoms with Gasteiger partial charge in [0.15, 0.2) is 0 Å². The molecule has 0 atom stereocenters. The molecule has 5 nitrogen and oxygen atoms in total. The Morgan fingerprint density at radius 1 is 1.32 bits per heavy atom. The highest BCUT2D eigenvalue weighted by atomic mass is 32.1. The van der Waals surface area contributed by atoms with Gasteiger partial charge in [0, 0.05) is 11.6 Å². The van der Waals surface area contributed by atoms with Gasteiger partial charge in [0.2, 0.25) is 11.8 Å². The van der Waals surface area contributed by atoms with Gasteiger partial charge in [-0.05, 0) is 12.8 Å². The Morgan fingerprint density at radius 2 is 2.11 bits per heavy atom. The van der Waals surface area contributed by atoms with E-state index in [1.54, 1.807) is 11.1 Å². The highest BCUT2D eigenvalue weighted by Crippen LogP contribution is 2.32. The molecule has 2 aliphatic rings. The van der Waals surface area contributed by atoms with E-state index in [0.717, 1.165) is 37.1 Å². The second-order valence-electron chi connectivity index (χ2n) is 5.28. The first-order valence-electron chi connectivity index (χ1n) is 6.68. The van der Waals surface area contributed by atoms with Gasteiger partial charge in [0.25, 0.3) is 0 Å². The Hall–Kier alpha value is -1.43. The minimum atomic E-state index is -0.634. The first-order chi connectivity index (χ1) is 9.20. The molecule has 2 fully saturated rings. The summed E-state index contributed by atoms with van der Waals surface area (Å²) in [5, 5.41) is 5.72. The van der Waals surface area contributed by atoms with Crippen LogP contribution in [-0.4, -0.2) is 33.8 Å². The van der Waals surface area contributed by atoms with Gasteiger partial charge in [-0.1, -0.05) is 19.3 Å². The van der Waals surface area contributed by atoms with Crippen LogP contribution in [0.15, 0.2) is 11.6 Å². The molecule has 1 spiro atoms. The van der Waals surface area contributed by atoms with Crippen molar-refractivity contribution < 1.29 is 9.59 Å². The molecular weight excluding hydrogens is 262 g/mol. The van der Waals surface area contributed by atoms with Crippen LogP contribution in [0.1, 0.15) is 37.1 Å². The van der Waals surface area contributed by atoms with Crippen LogP contribution >= 0.6 is 11.3 Å². The van der Waals surface area contributed by atoms with Crippen molar-refractivity contribution in [3.05, 3.63) is 16.6 Å². The molecule has 1 aliphatic carbocycles. The number of amides is 2. The topological polar surface area (TPSA) is 62.3 Å². The molecule has 102 valence electrons. The van der Waals surface area contributed by atoms with Crippen molar-refractivity contribution in [2.75, 3.05) is 6.54 Å². The van der Waals surface area contributed by atoms with E-state index in [1.807, 2.05) is 5.38 Å². The molecule has 6 heteroatoms. The summed E-state index contributed by atoms with van der Waals surface area (Å²) >= 11 is 1.52. The van der Waals surface area contributed by atoms with Crippen LogP contribution in [0.3, 0.4) is 0 Å². The third kappa shape index (κ3) is 2.36. The van der Waals surface area contributed by atoms with E-state index in [4.69, 9.17) is 0 Å². The molecule has 3 rings (SSSR count). The maximum absolute atomic E-state index is 12.7. The van der Waals surface area contributed by atoms with Crippen LogP contribution in [0.5, 0.6) is 0 Å². The minimum absolute atomic E-state index is 0.0435. The van der Waals surface area contributed by atoms with E-state index in [0.29, 0.717) is 6.54 Å². The van der Waals surface area contributed by atoms with Crippen molar-refractivity contribution in [1.82, 2.24) is 15.2 Å². The molecule has 19 heavy (non-hydrogen) atoms. The zero-order valence-electron chi connectivity index (χ0n) is 10.7. The molecular formula is C13H17N3O2S. The number of rotatable bonds is 2. The Kier molecular flexibility index (Phi) is 3.26. The monoisotopic (exact) mass is 279 g/mol. The van der Waals surface area contributed by atoms with Gasteiger partial charge in [-0.3, -0.25) is 9.59 Å². The minimum Gasteiger partial charge on any atom is -0.340 e. The van der Waals surface area contributed by atoms with Crippen LogP contribution in [-0.2, 0) is 16.1 Å². The first-order valence-corrected chi connectivity index (χ1v) is 7.56. The van der Waals surface area contributed by atoms with Gasteiger partial charge in [0.1, 0.15) is 17.1 Å². The Bertz CT molecular complexity index is 480. The normalized spacial score (nSPS) is 22.6. The molecule has 1 aromatic heterocycles. The second-order valence-corrected chi connectivity index (χ2v) is 6.26. The lowest BCUT2D eigenvalue weighted by atomic mass is 9.79. The summed E-state index contributed by atoms with van der Waals surface area (Å²) in [6, 6.07) is 0. The molecule has 0 bridgehead atoms. The summed E-state index contributed by atoms with van der Waals surface area (Å²) < 4.78 is 0. The van der Waals surface area contributed by atoms with E-state index in [-0.39, 0.29) is 18.4 Å². The Morgan fingerprint density at radius 3 is 2.79 bits per heavy atom. The number of carbonyl (C=O) groups excluding carboxylic acids is 2. The molecule has 0 unspecified atom stereocenters. The predicted octanol–water partition coefficient (Wildman–Crippen LogP) is 1.30. The molecule has 1 aromatic rings. The average Bonchev–Trinajstić information content (AvgIpc) is 2.89. The third-order valence-electron chi connectivity index (χ3n) is 3.93. The Labute approximate surface area is 116 Å². The number of nitrogens with one attached hydrogen (secondary N) is 1. The number of thiazole rings is 1. The third-order valence-corrected chi connectivity index (χ3v) is 4.69. The number of hydrogen-bond donors (Lipinski definition) is 1. The zero-order valence-corrected chi connectivity index (χ0v) is 11.5. The van der Waals surface area contributed by atoms with Crippen molar-refractivity contribution in [3.8, 4) is 0 Å². The summed E-state index contributed by atoms with van der Waals surface area (Å²) in [6.45, 7) is 0.603. The smallest absolute Gasteiger partial charge is 0.249 e. The fourth-order valence-corrected chi connectivity index (χ4v) is 3.65. The number of aromatic nitrogens is 1. The van der Waals surface area contributed by atoms with Gasteiger partial charge in [-0.2, -0.15) is 0 Å². The summed E-state index contributed by atoms with van der Waals surface area (Å²) in [5.41, 5.74) is -0.634. The zero-order chi connectivity index (χ0) is 13.3. The maximum atomic E-state index is 12.7. The van der Waals surface area contributed by atoms with E-state index in [1.165, 1.54) is 11.3 Å². The van der Waals surface area contributed by atoms with Crippen LogP contribution in [0, 0.1) is 0 Å². The van der Waals surface area contributed by atoms with Crippen molar-refractivity contribution in [1.29, 1.82) is 0 Å². The molecule has 1 N–H and O–H groups in total. The summed E-state index contributed by atoms with van der Waals surface area (Å²) in [7, 11) is 0. The maximum Gasteiger partial charge on any atom is 0.249 e. The van der Waals surface area contributed by atoms with Crippen molar-refractivity contribution in [2.45, 2.75) is 44.2 Å². The van der Waals surface area contributed by atoms with Gasteiger partial charge < -0.3 is 10.2 Å². The largest absolute Gasteiger partial charge is 0.340 e. The standard InChI is InChI=1S/C13H17N3O2S/c17-10-8-16(9-11-14-6-7-19-11)12(18)13(15-10)4-2-1-3-5-13/h6-7H,1-5,8-9H2,(H,15,17). The lowest BCUT2D eigenvalue weighted by molar-refractivity contribution is -0.152. The summed E-state index contributed by atoms with van der Waals surface area (Å²) in [4.78, 5) is 30.4. The Balaban J connectivity index is 1.80. The average molecular weight is 279 g/mol. The fraction of sp³-hybridized carbons (Fsp3) is 0.615. The van der Waals surface area contributed by atoms with E-state index >= 15 is 0 Å². The first kappa shape index (κ1) is 12.6.